The molecule has 2 aromatic rings. The SMILES string of the molecule is C[C@@]1(O)CCC[C@H]1N1C(=O)C2(CC2)c2cnc(NC3CCN(S(=O)(=O)c4ncc[nH]4)CC3)nc21. The Morgan fingerprint density at radius 3 is 2.56 bits per heavy atom. The quantitative estimate of drug-likeness (QED) is 0.570. The number of rotatable bonds is 5. The Morgan fingerprint density at radius 2 is 1.94 bits per heavy atom. The maximum atomic E-state index is 13.4. The van der Waals surface area contributed by atoms with Gasteiger partial charge in [0.2, 0.25) is 17.0 Å². The lowest BCUT2D eigenvalue weighted by atomic mass is 9.98. The van der Waals surface area contributed by atoms with Gasteiger partial charge >= 0.3 is 0 Å². The van der Waals surface area contributed by atoms with Crippen LogP contribution in [-0.4, -0.2) is 74.4 Å². The van der Waals surface area contributed by atoms with E-state index in [0.29, 0.717) is 44.1 Å². The average Bonchev–Trinajstić information content (AvgIpc) is 3.15. The van der Waals surface area contributed by atoms with E-state index in [9.17, 15) is 18.3 Å². The molecule has 1 spiro atoms. The van der Waals surface area contributed by atoms with Crippen molar-refractivity contribution in [3.05, 3.63) is 24.2 Å². The van der Waals surface area contributed by atoms with Crippen LogP contribution in [0.3, 0.4) is 0 Å². The molecular weight excluding hydrogens is 458 g/mol. The molecule has 4 heterocycles. The van der Waals surface area contributed by atoms with Crippen LogP contribution in [-0.2, 0) is 20.2 Å². The number of amides is 1. The van der Waals surface area contributed by atoms with Gasteiger partial charge in [-0.3, -0.25) is 9.69 Å². The maximum absolute atomic E-state index is 13.4. The Balaban J connectivity index is 1.20. The fourth-order valence-corrected chi connectivity index (χ4v) is 7.13. The number of carbonyl (C=O) groups is 1. The average molecular weight is 488 g/mol. The van der Waals surface area contributed by atoms with E-state index in [1.807, 2.05) is 0 Å². The van der Waals surface area contributed by atoms with E-state index in [-0.39, 0.29) is 23.1 Å². The minimum absolute atomic E-state index is 0.0103. The molecule has 34 heavy (non-hydrogen) atoms. The van der Waals surface area contributed by atoms with Crippen LogP contribution < -0.4 is 10.2 Å². The zero-order valence-electron chi connectivity index (χ0n) is 19.1. The van der Waals surface area contributed by atoms with Crippen LogP contribution in [0.5, 0.6) is 0 Å². The molecule has 3 fully saturated rings. The number of nitrogens with one attached hydrogen (secondary N) is 2. The van der Waals surface area contributed by atoms with Gasteiger partial charge in [0.05, 0.1) is 17.1 Å². The van der Waals surface area contributed by atoms with E-state index in [4.69, 9.17) is 4.98 Å². The van der Waals surface area contributed by atoms with Gasteiger partial charge in [0.25, 0.3) is 10.0 Å². The summed E-state index contributed by atoms with van der Waals surface area (Å²) in [5, 5.41) is 14.2. The highest BCUT2D eigenvalue weighted by atomic mass is 32.2. The first kappa shape index (κ1) is 21.9. The van der Waals surface area contributed by atoms with Crippen molar-refractivity contribution >= 4 is 27.7 Å². The first-order valence-electron chi connectivity index (χ1n) is 11.9. The number of aromatic nitrogens is 4. The molecule has 2 saturated carbocycles. The molecule has 6 rings (SSSR count). The highest BCUT2D eigenvalue weighted by Gasteiger charge is 2.63. The molecule has 2 aromatic heterocycles. The number of carbonyl (C=O) groups excluding carboxylic acids is 1. The third kappa shape index (κ3) is 3.26. The van der Waals surface area contributed by atoms with Gasteiger partial charge in [-0.2, -0.15) is 9.29 Å². The number of aromatic amines is 1. The number of H-pyrrole nitrogens is 1. The second kappa shape index (κ2) is 7.46. The Labute approximate surface area is 198 Å². The molecule has 3 N–H and O–H groups in total. The molecule has 2 aliphatic heterocycles. The first-order chi connectivity index (χ1) is 16.2. The number of hydrogen-bond acceptors (Lipinski definition) is 8. The number of aliphatic hydroxyl groups is 1. The van der Waals surface area contributed by atoms with Gasteiger partial charge in [-0.1, -0.05) is 0 Å². The van der Waals surface area contributed by atoms with Gasteiger partial charge in [0, 0.05) is 43.3 Å². The summed E-state index contributed by atoms with van der Waals surface area (Å²) in [7, 11) is -3.62. The van der Waals surface area contributed by atoms with Crippen molar-refractivity contribution in [2.24, 2.45) is 0 Å². The van der Waals surface area contributed by atoms with Crippen LogP contribution in [0.25, 0.3) is 0 Å². The minimum Gasteiger partial charge on any atom is -0.388 e. The molecule has 0 radical (unpaired) electrons. The second-order valence-electron chi connectivity index (χ2n) is 10.2. The number of sulfonamides is 1. The molecule has 182 valence electrons. The zero-order chi connectivity index (χ0) is 23.7. The van der Waals surface area contributed by atoms with Gasteiger partial charge in [-0.15, -0.1) is 0 Å². The summed E-state index contributed by atoms with van der Waals surface area (Å²) in [4.78, 5) is 31.0. The highest BCUT2D eigenvalue weighted by molar-refractivity contribution is 7.88. The largest absolute Gasteiger partial charge is 0.388 e. The lowest BCUT2D eigenvalue weighted by molar-refractivity contribution is -0.121. The van der Waals surface area contributed by atoms with Crippen LogP contribution in [0.4, 0.5) is 11.8 Å². The minimum atomic E-state index is -3.62. The molecule has 0 aromatic carbocycles. The molecule has 0 unspecified atom stereocenters. The normalized spacial score (nSPS) is 29.1. The van der Waals surface area contributed by atoms with E-state index in [2.05, 4.69) is 20.3 Å². The van der Waals surface area contributed by atoms with Gasteiger partial charge in [0.15, 0.2) is 0 Å². The highest BCUT2D eigenvalue weighted by Crippen LogP contribution is 2.58. The molecule has 1 amide bonds. The fraction of sp³-hybridized carbons (Fsp3) is 0.636. The van der Waals surface area contributed by atoms with Gasteiger partial charge in [0.1, 0.15) is 5.82 Å². The Hall–Kier alpha value is -2.57. The maximum Gasteiger partial charge on any atom is 0.276 e. The van der Waals surface area contributed by atoms with Gasteiger partial charge in [-0.25, -0.2) is 18.4 Å². The summed E-state index contributed by atoms with van der Waals surface area (Å²) in [6, 6.07) is -0.271. The van der Waals surface area contributed by atoms with Crippen molar-refractivity contribution in [2.45, 2.75) is 80.1 Å². The third-order valence-corrected chi connectivity index (χ3v) is 9.68. The predicted molar refractivity (Wildman–Crippen MR) is 123 cm³/mol. The molecule has 1 saturated heterocycles. The molecule has 2 atom stereocenters. The molecule has 11 nitrogen and oxygen atoms in total. The number of piperidine rings is 1. The first-order valence-corrected chi connectivity index (χ1v) is 13.4. The molecule has 2 aliphatic carbocycles. The van der Waals surface area contributed by atoms with Gasteiger partial charge in [-0.05, 0) is 51.9 Å². The van der Waals surface area contributed by atoms with Crippen LogP contribution in [0.15, 0.2) is 23.7 Å². The third-order valence-electron chi connectivity index (χ3n) is 7.93. The fourth-order valence-electron chi connectivity index (χ4n) is 5.78. The number of anilines is 2. The smallest absolute Gasteiger partial charge is 0.276 e. The van der Waals surface area contributed by atoms with Crippen LogP contribution in [0.2, 0.25) is 0 Å². The monoisotopic (exact) mass is 487 g/mol. The summed E-state index contributed by atoms with van der Waals surface area (Å²) >= 11 is 0. The van der Waals surface area contributed by atoms with E-state index in [1.165, 1.54) is 16.7 Å². The van der Waals surface area contributed by atoms with E-state index in [1.54, 1.807) is 18.0 Å². The van der Waals surface area contributed by atoms with Gasteiger partial charge < -0.3 is 15.4 Å². The summed E-state index contributed by atoms with van der Waals surface area (Å²) < 4.78 is 26.8. The zero-order valence-corrected chi connectivity index (χ0v) is 19.9. The Bertz CT molecular complexity index is 1220. The Morgan fingerprint density at radius 1 is 1.18 bits per heavy atom. The van der Waals surface area contributed by atoms with Crippen molar-refractivity contribution in [1.82, 2.24) is 24.2 Å². The number of fused-ring (bicyclic) bond motifs is 2. The number of nitrogens with zero attached hydrogens (tertiary/aromatic N) is 5. The summed E-state index contributed by atoms with van der Waals surface area (Å²) in [6.45, 7) is 2.54. The summed E-state index contributed by atoms with van der Waals surface area (Å²) in [5.74, 6) is 1.09. The topological polar surface area (TPSA) is 144 Å². The lowest BCUT2D eigenvalue weighted by Gasteiger charge is -2.34. The number of hydrogen-bond donors (Lipinski definition) is 3. The van der Waals surface area contributed by atoms with Crippen molar-refractivity contribution in [2.75, 3.05) is 23.3 Å². The van der Waals surface area contributed by atoms with E-state index >= 15 is 0 Å². The van der Waals surface area contributed by atoms with Crippen LogP contribution in [0.1, 0.15) is 57.4 Å². The predicted octanol–water partition coefficient (Wildman–Crippen LogP) is 1.15. The van der Waals surface area contributed by atoms with Crippen LogP contribution >= 0.6 is 0 Å². The van der Waals surface area contributed by atoms with Crippen molar-refractivity contribution in [1.29, 1.82) is 0 Å². The number of imidazole rings is 1. The van der Waals surface area contributed by atoms with Crippen molar-refractivity contribution in [3.63, 3.8) is 0 Å². The van der Waals surface area contributed by atoms with E-state index < -0.39 is 21.0 Å². The van der Waals surface area contributed by atoms with Crippen molar-refractivity contribution < 1.29 is 18.3 Å². The Kier molecular flexibility index (Phi) is 4.81. The molecule has 12 heteroatoms. The summed E-state index contributed by atoms with van der Waals surface area (Å²) in [5.41, 5.74) is -0.582. The molecule has 4 aliphatic rings. The second-order valence-corrected chi connectivity index (χ2v) is 12.0. The van der Waals surface area contributed by atoms with Crippen LogP contribution in [0, 0.1) is 0 Å². The summed E-state index contributed by atoms with van der Waals surface area (Å²) in [6.07, 6.45) is 9.77. The van der Waals surface area contributed by atoms with E-state index in [0.717, 1.165) is 31.2 Å². The molecular formula is C22H29N7O4S. The standard InChI is InChI=1S/C22H29N7O4S/c1-21(31)6-2-3-16(21)29-17-15(22(7-8-22)18(29)30)13-25-19(27-17)26-14-4-11-28(12-5-14)34(32,33)20-23-9-10-24-20/h9-10,13-14,16,31H,2-8,11-12H2,1H3,(H,23,24)(H,25,26,27)/t16-,21-/m1/s1. The van der Waals surface area contributed by atoms with Crippen molar-refractivity contribution in [3.8, 4) is 0 Å². The lowest BCUT2D eigenvalue weighted by Crippen LogP contribution is -2.50. The molecule has 0 bridgehead atoms.